The maximum Gasteiger partial charge on any atom is 0.451 e. The Morgan fingerprint density at radius 2 is 1.81 bits per heavy atom. The quantitative estimate of drug-likeness (QED) is 0.602. The topological polar surface area (TPSA) is 88.2 Å². The Hall–Kier alpha value is -3.56. The van der Waals surface area contributed by atoms with Crippen molar-refractivity contribution in [2.24, 2.45) is 0 Å². The number of aromatic nitrogens is 2. The third-order valence-electron chi connectivity index (χ3n) is 3.48. The lowest BCUT2D eigenvalue weighted by atomic mass is 10.2. The van der Waals surface area contributed by atoms with Crippen molar-refractivity contribution in [1.29, 1.82) is 0 Å². The molecule has 7 nitrogen and oxygen atoms in total. The number of hydrogen-bond acceptors (Lipinski definition) is 5. The summed E-state index contributed by atoms with van der Waals surface area (Å²) in [7, 11) is 1.39. The molecule has 2 aromatic carbocycles. The first kappa shape index (κ1) is 18.2. The summed E-state index contributed by atoms with van der Waals surface area (Å²) in [4.78, 5) is 18.9. The summed E-state index contributed by atoms with van der Waals surface area (Å²) in [5.74, 6) is -1.19. The van der Waals surface area contributed by atoms with Crippen LogP contribution in [0.2, 0.25) is 0 Å². The van der Waals surface area contributed by atoms with Gasteiger partial charge in [0.05, 0.1) is 12.6 Å². The molecule has 0 bridgehead atoms. The minimum atomic E-state index is -4.75. The van der Waals surface area contributed by atoms with Gasteiger partial charge in [0.15, 0.2) is 5.82 Å². The monoisotopic (exact) mass is 377 g/mol. The number of methoxy groups -OCH3 is 1. The normalized spacial score (nSPS) is 11.1. The van der Waals surface area contributed by atoms with Gasteiger partial charge in [-0.15, -0.1) is 0 Å². The molecule has 3 aromatic rings. The van der Waals surface area contributed by atoms with Crippen LogP contribution in [0.4, 0.5) is 29.5 Å². The maximum atomic E-state index is 13.1. The fourth-order valence-electron chi connectivity index (χ4n) is 2.26. The number of nitrogens with one attached hydrogen (secondary N) is 3. The number of fused-ring (bicyclic) bond motifs is 1. The second kappa shape index (κ2) is 7.36. The number of ether oxygens (including phenoxy) is 1. The van der Waals surface area contributed by atoms with Gasteiger partial charge in [0.1, 0.15) is 5.75 Å². The Kier molecular flexibility index (Phi) is 4.97. The first-order valence-corrected chi connectivity index (χ1v) is 7.68. The van der Waals surface area contributed by atoms with Crippen LogP contribution in [-0.2, 0) is 6.18 Å². The molecule has 2 amide bonds. The van der Waals surface area contributed by atoms with Gasteiger partial charge in [0.2, 0.25) is 5.82 Å². The predicted octanol–water partition coefficient (Wildman–Crippen LogP) is 3.81. The van der Waals surface area contributed by atoms with E-state index in [4.69, 9.17) is 4.74 Å². The molecule has 140 valence electrons. The van der Waals surface area contributed by atoms with Crippen molar-refractivity contribution in [3.63, 3.8) is 0 Å². The molecule has 0 fully saturated rings. The molecule has 1 aromatic heterocycles. The number of para-hydroxylation sites is 1. The summed E-state index contributed by atoms with van der Waals surface area (Å²) in [6, 6.07) is 12.3. The van der Waals surface area contributed by atoms with Crippen LogP contribution >= 0.6 is 0 Å². The van der Waals surface area contributed by atoms with Gasteiger partial charge in [0.25, 0.3) is 0 Å². The van der Waals surface area contributed by atoms with E-state index < -0.39 is 18.0 Å². The number of benzene rings is 2. The summed E-state index contributed by atoms with van der Waals surface area (Å²) < 4.78 is 44.3. The van der Waals surface area contributed by atoms with Crippen molar-refractivity contribution in [3.8, 4) is 5.75 Å². The average molecular weight is 377 g/mol. The van der Waals surface area contributed by atoms with Gasteiger partial charge < -0.3 is 10.1 Å². The van der Waals surface area contributed by atoms with E-state index in [2.05, 4.69) is 26.1 Å². The number of rotatable bonds is 4. The molecule has 0 saturated heterocycles. The van der Waals surface area contributed by atoms with Crippen molar-refractivity contribution < 1.29 is 22.7 Å². The van der Waals surface area contributed by atoms with Gasteiger partial charge in [-0.2, -0.15) is 13.2 Å². The van der Waals surface area contributed by atoms with Crippen LogP contribution in [0.15, 0.2) is 48.5 Å². The smallest absolute Gasteiger partial charge is 0.451 e. The van der Waals surface area contributed by atoms with Gasteiger partial charge in [-0.25, -0.2) is 14.8 Å². The Bertz CT molecular complexity index is 964. The molecule has 27 heavy (non-hydrogen) atoms. The Balaban J connectivity index is 1.87. The summed E-state index contributed by atoms with van der Waals surface area (Å²) >= 11 is 0. The van der Waals surface area contributed by atoms with Crippen molar-refractivity contribution >= 4 is 28.4 Å². The molecule has 0 atom stereocenters. The zero-order valence-corrected chi connectivity index (χ0v) is 14.0. The van der Waals surface area contributed by atoms with Crippen LogP contribution in [0, 0.1) is 0 Å². The average Bonchev–Trinajstić information content (AvgIpc) is 2.65. The zero-order valence-electron chi connectivity index (χ0n) is 14.0. The minimum Gasteiger partial charge on any atom is -0.497 e. The van der Waals surface area contributed by atoms with Crippen LogP contribution in [-0.4, -0.2) is 23.1 Å². The fraction of sp³-hybridized carbons (Fsp3) is 0.118. The van der Waals surface area contributed by atoms with Crippen molar-refractivity contribution in [2.75, 3.05) is 17.9 Å². The van der Waals surface area contributed by atoms with Crippen LogP contribution in [0.25, 0.3) is 10.9 Å². The van der Waals surface area contributed by atoms with Crippen molar-refractivity contribution in [2.45, 2.75) is 6.18 Å². The SMILES string of the molecule is COc1ccc2c(NNC(=O)Nc3ccccc3)nc(C(F)(F)F)nc2c1. The molecule has 3 N–H and O–H groups in total. The molecule has 0 aliphatic rings. The molecule has 0 radical (unpaired) electrons. The Labute approximate surface area is 151 Å². The first-order chi connectivity index (χ1) is 12.9. The van der Waals surface area contributed by atoms with E-state index in [0.717, 1.165) is 0 Å². The molecule has 0 saturated carbocycles. The number of alkyl halides is 3. The van der Waals surface area contributed by atoms with E-state index in [1.54, 1.807) is 36.4 Å². The third-order valence-corrected chi connectivity index (χ3v) is 3.48. The third kappa shape index (κ3) is 4.35. The van der Waals surface area contributed by atoms with Crippen LogP contribution in [0.3, 0.4) is 0 Å². The number of amides is 2. The van der Waals surface area contributed by atoms with Gasteiger partial charge >= 0.3 is 12.2 Å². The van der Waals surface area contributed by atoms with E-state index in [9.17, 15) is 18.0 Å². The second-order valence-corrected chi connectivity index (χ2v) is 5.35. The zero-order chi connectivity index (χ0) is 19.4. The molecule has 0 aliphatic heterocycles. The molecule has 10 heteroatoms. The number of hydrogen-bond donors (Lipinski definition) is 3. The number of halogens is 3. The first-order valence-electron chi connectivity index (χ1n) is 7.68. The van der Waals surface area contributed by atoms with Crippen LogP contribution < -0.4 is 20.9 Å². The second-order valence-electron chi connectivity index (χ2n) is 5.35. The molecular weight excluding hydrogens is 363 g/mol. The van der Waals surface area contributed by atoms with Gasteiger partial charge in [-0.3, -0.25) is 10.9 Å². The molecule has 0 spiro atoms. The lowest BCUT2D eigenvalue weighted by Crippen LogP contribution is -2.34. The van der Waals surface area contributed by atoms with Gasteiger partial charge in [-0.1, -0.05) is 18.2 Å². The Morgan fingerprint density at radius 1 is 1.07 bits per heavy atom. The summed E-state index contributed by atoms with van der Waals surface area (Å²) in [5, 5.41) is 2.81. The highest BCUT2D eigenvalue weighted by Crippen LogP contribution is 2.31. The number of urea groups is 1. The highest BCUT2D eigenvalue weighted by atomic mass is 19.4. The lowest BCUT2D eigenvalue weighted by molar-refractivity contribution is -0.144. The number of hydrazine groups is 1. The number of nitrogens with zero attached hydrogens (tertiary/aromatic N) is 2. The van der Waals surface area contributed by atoms with Gasteiger partial charge in [-0.05, 0) is 24.3 Å². The van der Waals surface area contributed by atoms with E-state index in [0.29, 0.717) is 11.4 Å². The fourth-order valence-corrected chi connectivity index (χ4v) is 2.26. The lowest BCUT2D eigenvalue weighted by Gasteiger charge is -2.14. The Morgan fingerprint density at radius 3 is 2.48 bits per heavy atom. The van der Waals surface area contributed by atoms with Crippen LogP contribution in [0.1, 0.15) is 5.82 Å². The van der Waals surface area contributed by atoms with E-state index in [1.165, 1.54) is 19.2 Å². The summed E-state index contributed by atoms with van der Waals surface area (Å²) in [6.07, 6.45) is -4.75. The molecule has 1 heterocycles. The van der Waals surface area contributed by atoms with E-state index in [1.807, 2.05) is 0 Å². The summed E-state index contributed by atoms with van der Waals surface area (Å²) in [6.45, 7) is 0. The molecular formula is C17H14F3N5O2. The number of carbonyl (C=O) groups excluding carboxylic acids is 1. The van der Waals surface area contributed by atoms with Gasteiger partial charge in [0, 0.05) is 17.1 Å². The summed E-state index contributed by atoms with van der Waals surface area (Å²) in [5.41, 5.74) is 5.20. The predicted molar refractivity (Wildman–Crippen MR) is 93.3 cm³/mol. The van der Waals surface area contributed by atoms with Crippen molar-refractivity contribution in [1.82, 2.24) is 15.4 Å². The highest BCUT2D eigenvalue weighted by molar-refractivity contribution is 5.93. The van der Waals surface area contributed by atoms with E-state index >= 15 is 0 Å². The maximum absolute atomic E-state index is 13.1. The molecule has 0 unspecified atom stereocenters. The minimum absolute atomic E-state index is 0.0180. The molecule has 3 rings (SSSR count). The number of carbonyl (C=O) groups is 1. The van der Waals surface area contributed by atoms with E-state index in [-0.39, 0.29) is 16.7 Å². The highest BCUT2D eigenvalue weighted by Gasteiger charge is 2.35. The largest absolute Gasteiger partial charge is 0.497 e. The molecule has 0 aliphatic carbocycles. The van der Waals surface area contributed by atoms with Crippen molar-refractivity contribution in [3.05, 3.63) is 54.4 Å². The number of anilines is 2. The standard InChI is InChI=1S/C17H14F3N5O2/c1-27-11-7-8-12-13(9-11)22-15(17(18,19)20)23-14(12)24-25-16(26)21-10-5-3-2-4-6-10/h2-9H,1H3,(H2,21,25,26)(H,22,23,24). The van der Waals surface area contributed by atoms with Crippen LogP contribution in [0.5, 0.6) is 5.75 Å².